The average Bonchev–Trinajstić information content (AvgIpc) is 2.91. The van der Waals surface area contributed by atoms with E-state index < -0.39 is 10.0 Å². The molecule has 0 aliphatic carbocycles. The van der Waals surface area contributed by atoms with Gasteiger partial charge in [-0.1, -0.05) is 29.8 Å². The molecule has 1 heterocycles. The highest BCUT2D eigenvalue weighted by molar-refractivity contribution is 7.88. The van der Waals surface area contributed by atoms with Crippen molar-refractivity contribution in [1.29, 1.82) is 0 Å². The molecule has 5 nitrogen and oxygen atoms in total. The quantitative estimate of drug-likeness (QED) is 0.850. The van der Waals surface area contributed by atoms with Gasteiger partial charge in [0.2, 0.25) is 10.0 Å². The molecule has 1 atom stereocenters. The van der Waals surface area contributed by atoms with Gasteiger partial charge < -0.3 is 4.42 Å². The van der Waals surface area contributed by atoms with Gasteiger partial charge in [-0.05, 0) is 38.7 Å². The SMILES string of the molecule is Cc1cccc(CS(=O)(=O)NC[C@H](c2ccco2)N(C)C)c1. The van der Waals surface area contributed by atoms with Crippen LogP contribution >= 0.6 is 0 Å². The molecule has 1 aromatic carbocycles. The Labute approximate surface area is 132 Å². The van der Waals surface area contributed by atoms with Gasteiger partial charge in [-0.15, -0.1) is 0 Å². The van der Waals surface area contributed by atoms with Crippen LogP contribution in [0.15, 0.2) is 47.1 Å². The summed E-state index contributed by atoms with van der Waals surface area (Å²) in [6, 6.07) is 11.0. The summed E-state index contributed by atoms with van der Waals surface area (Å²) in [6.07, 6.45) is 1.59. The highest BCUT2D eigenvalue weighted by Gasteiger charge is 2.20. The highest BCUT2D eigenvalue weighted by Crippen LogP contribution is 2.18. The number of hydrogen-bond acceptors (Lipinski definition) is 4. The highest BCUT2D eigenvalue weighted by atomic mass is 32.2. The molecule has 0 saturated carbocycles. The molecule has 0 amide bonds. The number of likely N-dealkylation sites (N-methyl/N-ethyl adjacent to an activating group) is 1. The number of nitrogens with one attached hydrogen (secondary N) is 1. The Bertz CT molecular complexity index is 694. The fraction of sp³-hybridized carbons (Fsp3) is 0.375. The Morgan fingerprint density at radius 3 is 2.59 bits per heavy atom. The standard InChI is InChI=1S/C16H22N2O3S/c1-13-6-4-7-14(10-13)12-22(19,20)17-11-15(18(2)3)16-8-5-9-21-16/h4-10,15,17H,11-12H2,1-3H3/t15-/m1/s1. The molecule has 2 rings (SSSR count). The predicted molar refractivity (Wildman–Crippen MR) is 86.9 cm³/mol. The summed E-state index contributed by atoms with van der Waals surface area (Å²) in [4.78, 5) is 1.92. The number of hydrogen-bond donors (Lipinski definition) is 1. The normalized spacial score (nSPS) is 13.5. The summed E-state index contributed by atoms with van der Waals surface area (Å²) in [5.41, 5.74) is 1.83. The van der Waals surface area contributed by atoms with Crippen LogP contribution < -0.4 is 4.72 Å². The van der Waals surface area contributed by atoms with Crippen LogP contribution in [0.25, 0.3) is 0 Å². The molecular weight excluding hydrogens is 300 g/mol. The van der Waals surface area contributed by atoms with E-state index in [1.807, 2.05) is 56.3 Å². The minimum Gasteiger partial charge on any atom is -0.468 e. The lowest BCUT2D eigenvalue weighted by Gasteiger charge is -2.22. The molecule has 0 aliphatic heterocycles. The van der Waals surface area contributed by atoms with E-state index in [1.165, 1.54) is 0 Å². The van der Waals surface area contributed by atoms with Gasteiger partial charge in [0.15, 0.2) is 0 Å². The second-order valence-electron chi connectivity index (χ2n) is 5.59. The van der Waals surface area contributed by atoms with Crippen LogP contribution in [0.4, 0.5) is 0 Å². The van der Waals surface area contributed by atoms with Crippen molar-refractivity contribution in [2.45, 2.75) is 18.7 Å². The Kier molecular flexibility index (Phi) is 5.39. The van der Waals surface area contributed by atoms with Crippen molar-refractivity contribution in [3.05, 3.63) is 59.5 Å². The molecule has 0 aliphatic rings. The molecular formula is C16H22N2O3S. The van der Waals surface area contributed by atoms with E-state index in [0.717, 1.165) is 16.9 Å². The van der Waals surface area contributed by atoms with Gasteiger partial charge in [0, 0.05) is 6.54 Å². The summed E-state index contributed by atoms with van der Waals surface area (Å²) in [7, 11) is 0.392. The third kappa shape index (κ3) is 4.69. The maximum atomic E-state index is 12.2. The lowest BCUT2D eigenvalue weighted by atomic mass is 10.2. The Morgan fingerprint density at radius 1 is 1.23 bits per heavy atom. The van der Waals surface area contributed by atoms with Crippen molar-refractivity contribution in [2.24, 2.45) is 0 Å². The summed E-state index contributed by atoms with van der Waals surface area (Å²) < 4.78 is 32.5. The first kappa shape index (κ1) is 16.7. The van der Waals surface area contributed by atoms with Crippen LogP contribution in [0.3, 0.4) is 0 Å². The largest absolute Gasteiger partial charge is 0.468 e. The van der Waals surface area contributed by atoms with Crippen molar-refractivity contribution in [1.82, 2.24) is 9.62 Å². The molecule has 6 heteroatoms. The monoisotopic (exact) mass is 322 g/mol. The van der Waals surface area contributed by atoms with Crippen LogP contribution in [0.2, 0.25) is 0 Å². The first-order valence-electron chi connectivity index (χ1n) is 7.10. The fourth-order valence-electron chi connectivity index (χ4n) is 2.30. The van der Waals surface area contributed by atoms with Gasteiger partial charge >= 0.3 is 0 Å². The number of furan rings is 1. The molecule has 0 bridgehead atoms. The Hall–Kier alpha value is -1.63. The van der Waals surface area contributed by atoms with Crippen molar-refractivity contribution in [3.63, 3.8) is 0 Å². The lowest BCUT2D eigenvalue weighted by Crippen LogP contribution is -2.35. The van der Waals surface area contributed by atoms with Gasteiger partial charge in [-0.2, -0.15) is 0 Å². The third-order valence-electron chi connectivity index (χ3n) is 3.43. The van der Waals surface area contributed by atoms with Crippen LogP contribution in [-0.2, 0) is 15.8 Å². The van der Waals surface area contributed by atoms with Crippen LogP contribution in [-0.4, -0.2) is 34.0 Å². The second kappa shape index (κ2) is 7.09. The molecule has 0 unspecified atom stereocenters. The minimum absolute atomic E-state index is 0.0208. The van der Waals surface area contributed by atoms with E-state index in [2.05, 4.69) is 4.72 Å². The Balaban J connectivity index is 2.02. The van der Waals surface area contributed by atoms with Crippen molar-refractivity contribution in [3.8, 4) is 0 Å². The number of sulfonamides is 1. The molecule has 0 spiro atoms. The summed E-state index contributed by atoms with van der Waals surface area (Å²) >= 11 is 0. The second-order valence-corrected chi connectivity index (χ2v) is 7.40. The maximum absolute atomic E-state index is 12.2. The van der Waals surface area contributed by atoms with E-state index >= 15 is 0 Å². The van der Waals surface area contributed by atoms with Crippen LogP contribution in [0, 0.1) is 6.92 Å². The van der Waals surface area contributed by atoms with Crippen LogP contribution in [0.1, 0.15) is 22.9 Å². The molecule has 1 N–H and O–H groups in total. The lowest BCUT2D eigenvalue weighted by molar-refractivity contribution is 0.259. The van der Waals surface area contributed by atoms with Crippen molar-refractivity contribution < 1.29 is 12.8 Å². The summed E-state index contributed by atoms with van der Waals surface area (Å²) in [5.74, 6) is 0.718. The van der Waals surface area contributed by atoms with Crippen molar-refractivity contribution in [2.75, 3.05) is 20.6 Å². The number of nitrogens with zero attached hydrogens (tertiary/aromatic N) is 1. The molecule has 22 heavy (non-hydrogen) atoms. The molecule has 0 saturated heterocycles. The Morgan fingerprint density at radius 2 is 2.00 bits per heavy atom. The molecule has 1 aromatic heterocycles. The van der Waals surface area contributed by atoms with E-state index in [-0.39, 0.29) is 18.3 Å². The number of aryl methyl sites for hydroxylation is 1. The van der Waals surface area contributed by atoms with Gasteiger partial charge in [-0.3, -0.25) is 4.90 Å². The maximum Gasteiger partial charge on any atom is 0.215 e. The smallest absolute Gasteiger partial charge is 0.215 e. The zero-order valence-corrected chi connectivity index (χ0v) is 13.9. The van der Waals surface area contributed by atoms with Gasteiger partial charge in [0.25, 0.3) is 0 Å². The van der Waals surface area contributed by atoms with E-state index in [4.69, 9.17) is 4.42 Å². The summed E-state index contributed by atoms with van der Waals surface area (Å²) in [6.45, 7) is 2.22. The predicted octanol–water partition coefficient (Wildman–Crippen LogP) is 2.31. The topological polar surface area (TPSA) is 62.6 Å². The molecule has 0 radical (unpaired) electrons. The molecule has 2 aromatic rings. The van der Waals surface area contributed by atoms with E-state index in [0.29, 0.717) is 0 Å². The fourth-order valence-corrected chi connectivity index (χ4v) is 3.43. The average molecular weight is 322 g/mol. The van der Waals surface area contributed by atoms with Gasteiger partial charge in [0.1, 0.15) is 5.76 Å². The van der Waals surface area contributed by atoms with Gasteiger partial charge in [-0.25, -0.2) is 13.1 Å². The van der Waals surface area contributed by atoms with Crippen LogP contribution in [0.5, 0.6) is 0 Å². The number of benzene rings is 1. The zero-order valence-electron chi connectivity index (χ0n) is 13.1. The van der Waals surface area contributed by atoms with Crippen molar-refractivity contribution >= 4 is 10.0 Å². The first-order chi connectivity index (χ1) is 10.4. The summed E-state index contributed by atoms with van der Waals surface area (Å²) in [5, 5.41) is 0. The molecule has 120 valence electrons. The first-order valence-corrected chi connectivity index (χ1v) is 8.75. The third-order valence-corrected chi connectivity index (χ3v) is 4.75. The van der Waals surface area contributed by atoms with E-state index in [9.17, 15) is 8.42 Å². The van der Waals surface area contributed by atoms with E-state index in [1.54, 1.807) is 12.3 Å². The minimum atomic E-state index is -3.39. The van der Waals surface area contributed by atoms with Gasteiger partial charge in [0.05, 0.1) is 18.1 Å². The number of rotatable bonds is 7. The molecule has 0 fully saturated rings. The zero-order chi connectivity index (χ0) is 16.2.